The maximum atomic E-state index is 12.5. The van der Waals surface area contributed by atoms with Crippen LogP contribution in [0.2, 0.25) is 0 Å². The molecule has 4 heteroatoms. The maximum Gasteiger partial charge on any atom is 0.227 e. The van der Waals surface area contributed by atoms with Gasteiger partial charge in [0.15, 0.2) is 0 Å². The van der Waals surface area contributed by atoms with E-state index in [1.54, 1.807) is 11.3 Å². The van der Waals surface area contributed by atoms with Gasteiger partial charge in [-0.1, -0.05) is 19.8 Å². The van der Waals surface area contributed by atoms with Gasteiger partial charge in [0.05, 0.1) is 11.5 Å². The topological polar surface area (TPSA) is 49.3 Å². The van der Waals surface area contributed by atoms with Gasteiger partial charge < -0.3 is 10.4 Å². The molecule has 0 aromatic carbocycles. The molecule has 1 amide bonds. The van der Waals surface area contributed by atoms with Gasteiger partial charge in [-0.25, -0.2) is 0 Å². The van der Waals surface area contributed by atoms with Gasteiger partial charge in [0.25, 0.3) is 0 Å². The van der Waals surface area contributed by atoms with Crippen LogP contribution in [0.3, 0.4) is 0 Å². The number of rotatable bonds is 3. The van der Waals surface area contributed by atoms with Gasteiger partial charge in [-0.05, 0) is 55.0 Å². The van der Waals surface area contributed by atoms with Crippen molar-refractivity contribution in [1.29, 1.82) is 0 Å². The molecule has 0 radical (unpaired) electrons. The molecule has 3 nitrogen and oxygen atoms in total. The summed E-state index contributed by atoms with van der Waals surface area (Å²) in [5.41, 5.74) is 0.521. The fourth-order valence-corrected chi connectivity index (χ4v) is 4.91. The van der Waals surface area contributed by atoms with Crippen LogP contribution in [0.15, 0.2) is 11.4 Å². The summed E-state index contributed by atoms with van der Waals surface area (Å²) in [4.78, 5) is 13.9. The van der Waals surface area contributed by atoms with Gasteiger partial charge in [-0.15, -0.1) is 11.3 Å². The molecule has 0 bridgehead atoms. The molecule has 116 valence electrons. The van der Waals surface area contributed by atoms with Crippen LogP contribution in [0, 0.1) is 5.92 Å². The van der Waals surface area contributed by atoms with Crippen molar-refractivity contribution in [1.82, 2.24) is 5.32 Å². The van der Waals surface area contributed by atoms with Crippen molar-refractivity contribution in [2.24, 2.45) is 5.92 Å². The minimum atomic E-state index is -0.695. The number of carbonyl (C=O) groups excluding carboxylic acids is 1. The Morgan fingerprint density at radius 2 is 2.33 bits per heavy atom. The number of aryl methyl sites for hydroxylation is 1. The summed E-state index contributed by atoms with van der Waals surface area (Å²) in [6, 6.07) is 2.10. The highest BCUT2D eigenvalue weighted by Gasteiger charge is 2.34. The van der Waals surface area contributed by atoms with E-state index in [0.29, 0.717) is 12.5 Å². The van der Waals surface area contributed by atoms with Crippen molar-refractivity contribution in [3.05, 3.63) is 21.9 Å². The van der Waals surface area contributed by atoms with Crippen LogP contribution in [-0.4, -0.2) is 23.2 Å². The zero-order valence-corrected chi connectivity index (χ0v) is 13.5. The average molecular weight is 307 g/mol. The monoisotopic (exact) mass is 307 g/mol. The second kappa shape index (κ2) is 6.09. The van der Waals surface area contributed by atoms with E-state index in [-0.39, 0.29) is 11.8 Å². The highest BCUT2D eigenvalue weighted by Crippen LogP contribution is 2.36. The standard InChI is InChI=1S/C17H25NO2S/c1-12-4-3-8-17(20,10-12)11-18-16(19)14-5-2-6-15-13(14)7-9-21-15/h7,9,12,14,20H,2-6,8,10-11H2,1H3,(H,18,19). The van der Waals surface area contributed by atoms with E-state index in [1.165, 1.54) is 16.9 Å². The minimum Gasteiger partial charge on any atom is -0.388 e. The zero-order chi connectivity index (χ0) is 14.9. The number of hydrogen-bond donors (Lipinski definition) is 2. The predicted molar refractivity (Wildman–Crippen MR) is 85.6 cm³/mol. The molecule has 3 rings (SSSR count). The molecule has 3 atom stereocenters. The van der Waals surface area contributed by atoms with Crippen LogP contribution in [-0.2, 0) is 11.2 Å². The fourth-order valence-electron chi connectivity index (χ4n) is 3.93. The Morgan fingerprint density at radius 1 is 1.48 bits per heavy atom. The van der Waals surface area contributed by atoms with E-state index in [2.05, 4.69) is 23.7 Å². The van der Waals surface area contributed by atoms with Gasteiger partial charge in [0, 0.05) is 11.4 Å². The maximum absolute atomic E-state index is 12.5. The SMILES string of the molecule is CC1CCCC(O)(CNC(=O)C2CCCc3sccc32)C1. The zero-order valence-electron chi connectivity index (χ0n) is 12.7. The third-order valence-corrected chi connectivity index (χ3v) is 6.02. The largest absolute Gasteiger partial charge is 0.388 e. The van der Waals surface area contributed by atoms with Crippen molar-refractivity contribution in [2.45, 2.75) is 63.4 Å². The van der Waals surface area contributed by atoms with E-state index in [9.17, 15) is 9.90 Å². The Bertz CT molecular complexity index is 513. The van der Waals surface area contributed by atoms with Crippen molar-refractivity contribution in [3.8, 4) is 0 Å². The van der Waals surface area contributed by atoms with Gasteiger partial charge in [0.2, 0.25) is 5.91 Å². The fraction of sp³-hybridized carbons (Fsp3) is 0.706. The highest BCUT2D eigenvalue weighted by molar-refractivity contribution is 7.10. The Kier molecular flexibility index (Phi) is 4.36. The van der Waals surface area contributed by atoms with E-state index < -0.39 is 5.60 Å². The Labute approximate surface area is 130 Å². The van der Waals surface area contributed by atoms with Crippen LogP contribution in [0.25, 0.3) is 0 Å². The molecule has 1 heterocycles. The summed E-state index contributed by atoms with van der Waals surface area (Å²) in [5.74, 6) is 0.643. The molecular weight excluding hydrogens is 282 g/mol. The lowest BCUT2D eigenvalue weighted by Crippen LogP contribution is -2.47. The van der Waals surface area contributed by atoms with E-state index in [1.807, 2.05) is 0 Å². The van der Waals surface area contributed by atoms with Crippen LogP contribution >= 0.6 is 11.3 Å². The minimum absolute atomic E-state index is 0.00962. The molecule has 1 saturated carbocycles. The quantitative estimate of drug-likeness (QED) is 0.901. The lowest BCUT2D eigenvalue weighted by molar-refractivity contribution is -0.124. The number of fused-ring (bicyclic) bond motifs is 1. The first-order chi connectivity index (χ1) is 10.1. The summed E-state index contributed by atoms with van der Waals surface area (Å²) >= 11 is 1.76. The van der Waals surface area contributed by atoms with Crippen molar-refractivity contribution >= 4 is 17.2 Å². The number of aliphatic hydroxyl groups is 1. The third-order valence-electron chi connectivity index (χ3n) is 5.03. The Morgan fingerprint density at radius 3 is 3.14 bits per heavy atom. The lowest BCUT2D eigenvalue weighted by Gasteiger charge is -2.36. The second-order valence-electron chi connectivity index (χ2n) is 6.89. The average Bonchev–Trinajstić information content (AvgIpc) is 2.93. The van der Waals surface area contributed by atoms with Gasteiger partial charge >= 0.3 is 0 Å². The number of nitrogens with one attached hydrogen (secondary N) is 1. The first-order valence-corrected chi connectivity index (χ1v) is 9.02. The number of thiophene rings is 1. The normalized spacial score (nSPS) is 32.5. The summed E-state index contributed by atoms with van der Waals surface area (Å²) in [6.45, 7) is 2.59. The molecular formula is C17H25NO2S. The summed E-state index contributed by atoms with van der Waals surface area (Å²) in [5, 5.41) is 15.8. The molecule has 1 aromatic rings. The number of carbonyl (C=O) groups is 1. The van der Waals surface area contributed by atoms with Gasteiger partial charge in [-0.3, -0.25) is 4.79 Å². The van der Waals surface area contributed by atoms with Crippen molar-refractivity contribution in [2.75, 3.05) is 6.54 Å². The first kappa shape index (κ1) is 15.0. The molecule has 0 spiro atoms. The molecule has 2 aliphatic carbocycles. The smallest absolute Gasteiger partial charge is 0.227 e. The molecule has 1 fully saturated rings. The molecule has 1 aromatic heterocycles. The van der Waals surface area contributed by atoms with Gasteiger partial charge in [-0.2, -0.15) is 0 Å². The van der Waals surface area contributed by atoms with E-state index in [0.717, 1.165) is 38.5 Å². The summed E-state index contributed by atoms with van der Waals surface area (Å²) in [7, 11) is 0. The predicted octanol–water partition coefficient (Wildman–Crippen LogP) is 3.23. The molecule has 3 unspecified atom stereocenters. The van der Waals surface area contributed by atoms with Crippen LogP contribution in [0.1, 0.15) is 61.8 Å². The molecule has 0 aliphatic heterocycles. The van der Waals surface area contributed by atoms with Gasteiger partial charge in [0.1, 0.15) is 0 Å². The number of hydrogen-bond acceptors (Lipinski definition) is 3. The summed E-state index contributed by atoms with van der Waals surface area (Å²) < 4.78 is 0. The highest BCUT2D eigenvalue weighted by atomic mass is 32.1. The van der Waals surface area contributed by atoms with Crippen LogP contribution < -0.4 is 5.32 Å². The van der Waals surface area contributed by atoms with Crippen molar-refractivity contribution in [3.63, 3.8) is 0 Å². The van der Waals surface area contributed by atoms with Crippen LogP contribution in [0.5, 0.6) is 0 Å². The molecule has 2 aliphatic rings. The van der Waals surface area contributed by atoms with Crippen LogP contribution in [0.4, 0.5) is 0 Å². The molecule has 0 saturated heterocycles. The first-order valence-electron chi connectivity index (χ1n) is 8.14. The molecule has 2 N–H and O–H groups in total. The molecule has 21 heavy (non-hydrogen) atoms. The summed E-state index contributed by atoms with van der Waals surface area (Å²) in [6.07, 6.45) is 7.01. The third kappa shape index (κ3) is 3.32. The van der Waals surface area contributed by atoms with E-state index >= 15 is 0 Å². The lowest BCUT2D eigenvalue weighted by atomic mass is 9.78. The van der Waals surface area contributed by atoms with E-state index in [4.69, 9.17) is 0 Å². The number of amides is 1. The Balaban J connectivity index is 1.60. The Hall–Kier alpha value is -0.870. The van der Waals surface area contributed by atoms with Crippen molar-refractivity contribution < 1.29 is 9.90 Å². The second-order valence-corrected chi connectivity index (χ2v) is 7.89.